The predicted octanol–water partition coefficient (Wildman–Crippen LogP) is 3.69. The van der Waals surface area contributed by atoms with Crippen LogP contribution in [-0.4, -0.2) is 36.8 Å². The number of fused-ring (bicyclic) bond motifs is 5. The smallest absolute Gasteiger partial charge is 0.335 e. The molecule has 0 bridgehead atoms. The first kappa shape index (κ1) is 19.7. The van der Waals surface area contributed by atoms with E-state index in [0.29, 0.717) is 42.6 Å². The first-order valence-corrected chi connectivity index (χ1v) is 10.8. The summed E-state index contributed by atoms with van der Waals surface area (Å²) in [5, 5.41) is 9.33. The van der Waals surface area contributed by atoms with Gasteiger partial charge in [0.25, 0.3) is 0 Å². The molecule has 3 heterocycles. The fourth-order valence-corrected chi connectivity index (χ4v) is 5.12. The van der Waals surface area contributed by atoms with Crippen molar-refractivity contribution >= 4 is 17.6 Å². The van der Waals surface area contributed by atoms with E-state index in [-0.39, 0.29) is 18.1 Å². The molecule has 0 radical (unpaired) electrons. The van der Waals surface area contributed by atoms with Gasteiger partial charge in [-0.05, 0) is 41.8 Å². The number of carbonyl (C=O) groups excluding carboxylic acids is 1. The van der Waals surface area contributed by atoms with E-state index in [0.717, 1.165) is 22.4 Å². The number of aryl methyl sites for hydroxylation is 1. The number of amides is 1. The van der Waals surface area contributed by atoms with Crippen molar-refractivity contribution in [2.75, 3.05) is 24.7 Å². The Bertz CT molecular complexity index is 1330. The first-order chi connectivity index (χ1) is 16.0. The molecule has 3 aliphatic heterocycles. The van der Waals surface area contributed by atoms with Crippen LogP contribution in [0.3, 0.4) is 0 Å². The third-order valence-corrected chi connectivity index (χ3v) is 6.68. The minimum absolute atomic E-state index is 0.0703. The summed E-state index contributed by atoms with van der Waals surface area (Å²) in [6, 6.07) is 16.6. The number of carboxylic acid groups (broad SMARTS) is 1. The second-order valence-electron chi connectivity index (χ2n) is 8.55. The Hall–Kier alpha value is -4.00. The summed E-state index contributed by atoms with van der Waals surface area (Å²) in [6.45, 7) is 3.24. The Morgan fingerprint density at radius 2 is 1.73 bits per heavy atom. The van der Waals surface area contributed by atoms with Gasteiger partial charge in [0.05, 0.1) is 12.1 Å². The van der Waals surface area contributed by atoms with Crippen LogP contribution in [0.15, 0.2) is 54.6 Å². The summed E-state index contributed by atoms with van der Waals surface area (Å²) in [5.74, 6) is 0.843. The van der Waals surface area contributed by atoms with Crippen LogP contribution in [0.5, 0.6) is 17.2 Å². The van der Waals surface area contributed by atoms with Crippen LogP contribution in [0.1, 0.15) is 32.6 Å². The molecule has 1 spiro atoms. The molecule has 6 rings (SSSR count). The predicted molar refractivity (Wildman–Crippen MR) is 119 cm³/mol. The highest BCUT2D eigenvalue weighted by Crippen LogP contribution is 2.55. The molecule has 7 heteroatoms. The standard InChI is InChI=1S/C26H21NO6/c1-15-10-16(6-7-17(15)24(28)29)13-27-20-5-3-2-4-18(20)26(25(27)30)14-33-21-12-23-22(11-19(21)26)31-8-9-32-23/h2-7,10-12H,8-9,13-14H2,1H3,(H,28,29). The SMILES string of the molecule is Cc1cc(CN2C(=O)C3(COc4cc5c(cc43)OCCO5)c3ccccc32)ccc1C(=O)O. The molecule has 7 nitrogen and oxygen atoms in total. The number of aromatic carboxylic acids is 1. The molecule has 1 N–H and O–H groups in total. The number of hydrogen-bond acceptors (Lipinski definition) is 5. The molecule has 0 aliphatic carbocycles. The number of para-hydroxylation sites is 1. The minimum Gasteiger partial charge on any atom is -0.491 e. The van der Waals surface area contributed by atoms with Crippen molar-refractivity contribution in [3.63, 3.8) is 0 Å². The molecule has 3 aromatic rings. The van der Waals surface area contributed by atoms with Gasteiger partial charge in [0.1, 0.15) is 31.0 Å². The van der Waals surface area contributed by atoms with Crippen LogP contribution in [0.25, 0.3) is 0 Å². The number of ether oxygens (including phenoxy) is 3. The summed E-state index contributed by atoms with van der Waals surface area (Å²) in [4.78, 5) is 27.2. The Kier molecular flexibility index (Phi) is 4.17. The summed E-state index contributed by atoms with van der Waals surface area (Å²) >= 11 is 0. The zero-order valence-corrected chi connectivity index (χ0v) is 18.0. The summed E-state index contributed by atoms with van der Waals surface area (Å²) in [7, 11) is 0. The van der Waals surface area contributed by atoms with Gasteiger partial charge in [0, 0.05) is 17.3 Å². The number of anilines is 1. The second-order valence-corrected chi connectivity index (χ2v) is 8.55. The maximum atomic E-state index is 14.1. The van der Waals surface area contributed by atoms with Gasteiger partial charge in [-0.2, -0.15) is 0 Å². The number of rotatable bonds is 3. The summed E-state index contributed by atoms with van der Waals surface area (Å²) in [6.07, 6.45) is 0. The molecular formula is C26H21NO6. The molecule has 1 atom stereocenters. The van der Waals surface area contributed by atoms with Gasteiger partial charge in [-0.3, -0.25) is 4.79 Å². The lowest BCUT2D eigenvalue weighted by Crippen LogP contribution is -2.42. The van der Waals surface area contributed by atoms with Gasteiger partial charge >= 0.3 is 5.97 Å². The van der Waals surface area contributed by atoms with Gasteiger partial charge in [-0.25, -0.2) is 4.79 Å². The monoisotopic (exact) mass is 443 g/mol. The van der Waals surface area contributed by atoms with Crippen molar-refractivity contribution < 1.29 is 28.9 Å². The Labute approximate surface area is 190 Å². The molecule has 1 amide bonds. The van der Waals surface area contributed by atoms with Crippen molar-refractivity contribution in [3.8, 4) is 17.2 Å². The highest BCUT2D eigenvalue weighted by molar-refractivity contribution is 6.11. The van der Waals surface area contributed by atoms with Crippen molar-refractivity contribution in [2.24, 2.45) is 0 Å². The maximum absolute atomic E-state index is 14.1. The van der Waals surface area contributed by atoms with Crippen molar-refractivity contribution in [3.05, 3.63) is 82.4 Å². The van der Waals surface area contributed by atoms with Crippen molar-refractivity contribution in [2.45, 2.75) is 18.9 Å². The molecule has 0 saturated carbocycles. The zero-order chi connectivity index (χ0) is 22.7. The molecule has 33 heavy (non-hydrogen) atoms. The average molecular weight is 443 g/mol. The molecule has 0 fully saturated rings. The third-order valence-electron chi connectivity index (χ3n) is 6.68. The number of nitrogens with zero attached hydrogens (tertiary/aromatic N) is 1. The van der Waals surface area contributed by atoms with Gasteiger partial charge in [-0.15, -0.1) is 0 Å². The van der Waals surface area contributed by atoms with Crippen LogP contribution in [-0.2, 0) is 16.8 Å². The Morgan fingerprint density at radius 1 is 0.970 bits per heavy atom. The molecule has 3 aromatic carbocycles. The molecule has 1 unspecified atom stereocenters. The second kappa shape index (κ2) is 7.00. The fraction of sp³-hybridized carbons (Fsp3) is 0.231. The van der Waals surface area contributed by atoms with E-state index in [1.54, 1.807) is 24.0 Å². The highest BCUT2D eigenvalue weighted by atomic mass is 16.6. The lowest BCUT2D eigenvalue weighted by Gasteiger charge is -2.25. The van der Waals surface area contributed by atoms with E-state index in [9.17, 15) is 14.7 Å². The van der Waals surface area contributed by atoms with Gasteiger partial charge in [0.15, 0.2) is 11.5 Å². The maximum Gasteiger partial charge on any atom is 0.335 e. The first-order valence-electron chi connectivity index (χ1n) is 10.8. The highest BCUT2D eigenvalue weighted by Gasteiger charge is 2.57. The number of carboxylic acids is 1. The molecular weight excluding hydrogens is 422 g/mol. The van der Waals surface area contributed by atoms with Crippen LogP contribution in [0.2, 0.25) is 0 Å². The summed E-state index contributed by atoms with van der Waals surface area (Å²) in [5.41, 5.74) is 3.32. The number of hydrogen-bond donors (Lipinski definition) is 1. The summed E-state index contributed by atoms with van der Waals surface area (Å²) < 4.78 is 17.5. The molecule has 0 saturated heterocycles. The minimum atomic E-state index is -0.963. The third kappa shape index (κ3) is 2.75. The van der Waals surface area contributed by atoms with Crippen LogP contribution >= 0.6 is 0 Å². The average Bonchev–Trinajstić information content (AvgIpc) is 3.30. The number of carbonyl (C=O) groups is 2. The fourth-order valence-electron chi connectivity index (χ4n) is 5.12. The van der Waals surface area contributed by atoms with Crippen LogP contribution in [0, 0.1) is 6.92 Å². The topological polar surface area (TPSA) is 85.3 Å². The lowest BCUT2D eigenvalue weighted by molar-refractivity contribution is -0.122. The van der Waals surface area contributed by atoms with Crippen LogP contribution < -0.4 is 19.1 Å². The molecule has 166 valence electrons. The van der Waals surface area contributed by atoms with Crippen molar-refractivity contribution in [1.29, 1.82) is 0 Å². The van der Waals surface area contributed by atoms with Gasteiger partial charge in [0.2, 0.25) is 5.91 Å². The largest absolute Gasteiger partial charge is 0.491 e. The van der Waals surface area contributed by atoms with Crippen LogP contribution in [0.4, 0.5) is 5.69 Å². The van der Waals surface area contributed by atoms with E-state index in [1.807, 2.05) is 42.5 Å². The molecule has 3 aliphatic rings. The van der Waals surface area contributed by atoms with Gasteiger partial charge in [-0.1, -0.05) is 30.3 Å². The van der Waals surface area contributed by atoms with E-state index < -0.39 is 11.4 Å². The van der Waals surface area contributed by atoms with E-state index in [4.69, 9.17) is 14.2 Å². The normalized spacial score (nSPS) is 19.9. The van der Waals surface area contributed by atoms with E-state index in [2.05, 4.69) is 0 Å². The quantitative estimate of drug-likeness (QED) is 0.665. The lowest BCUT2D eigenvalue weighted by atomic mass is 9.77. The van der Waals surface area contributed by atoms with E-state index in [1.165, 1.54) is 0 Å². The Morgan fingerprint density at radius 3 is 2.48 bits per heavy atom. The van der Waals surface area contributed by atoms with E-state index >= 15 is 0 Å². The zero-order valence-electron chi connectivity index (χ0n) is 18.0. The Balaban J connectivity index is 1.44. The van der Waals surface area contributed by atoms with Gasteiger partial charge < -0.3 is 24.2 Å². The molecule has 0 aromatic heterocycles. The number of benzene rings is 3. The van der Waals surface area contributed by atoms with Crippen molar-refractivity contribution in [1.82, 2.24) is 0 Å².